The van der Waals surface area contributed by atoms with Crippen molar-refractivity contribution in [2.75, 3.05) is 0 Å². The zero-order chi connectivity index (χ0) is 10.4. The van der Waals surface area contributed by atoms with E-state index in [1.165, 1.54) is 5.56 Å². The Labute approximate surface area is 93.9 Å². The van der Waals surface area contributed by atoms with Crippen molar-refractivity contribution in [2.24, 2.45) is 0 Å². The molecule has 76 valence electrons. The van der Waals surface area contributed by atoms with Gasteiger partial charge in [-0.25, -0.2) is 0 Å². The summed E-state index contributed by atoms with van der Waals surface area (Å²) in [7, 11) is 0. The van der Waals surface area contributed by atoms with Gasteiger partial charge in [0.15, 0.2) is 0 Å². The number of rotatable bonds is 4. The molecule has 1 nitrogen and oxygen atoms in total. The first kappa shape index (κ1) is 11.5. The van der Waals surface area contributed by atoms with Crippen molar-refractivity contribution < 1.29 is 4.74 Å². The number of benzene rings is 1. The highest BCUT2D eigenvalue weighted by Crippen LogP contribution is 2.20. The van der Waals surface area contributed by atoms with Gasteiger partial charge in [-0.3, -0.25) is 0 Å². The number of hydrogen-bond acceptors (Lipinski definition) is 1. The zero-order valence-electron chi connectivity index (χ0n) is 8.48. The molecule has 1 aromatic carbocycles. The van der Waals surface area contributed by atoms with Gasteiger partial charge in [0, 0.05) is 0 Å². The lowest BCUT2D eigenvalue weighted by atomic mass is 10.1. The molecule has 0 amide bonds. The van der Waals surface area contributed by atoms with Crippen LogP contribution < -0.4 is 0 Å². The molecule has 0 aliphatic heterocycles. The van der Waals surface area contributed by atoms with Crippen molar-refractivity contribution in [1.29, 1.82) is 0 Å². The van der Waals surface area contributed by atoms with Gasteiger partial charge in [-0.15, -0.1) is 0 Å². The third-order valence-corrected chi connectivity index (χ3v) is 2.10. The summed E-state index contributed by atoms with van der Waals surface area (Å²) in [6.45, 7) is 4.08. The SMILES string of the molecule is CC(C)OC(/C=C/Br)c1ccccc1. The summed E-state index contributed by atoms with van der Waals surface area (Å²) in [5, 5.41) is 0. The third kappa shape index (κ3) is 3.64. The van der Waals surface area contributed by atoms with Crippen LogP contribution in [-0.2, 0) is 4.74 Å². The van der Waals surface area contributed by atoms with E-state index in [4.69, 9.17) is 4.74 Å². The Bertz CT molecular complexity index is 280. The van der Waals surface area contributed by atoms with Gasteiger partial charge in [-0.05, 0) is 30.5 Å². The minimum Gasteiger partial charge on any atom is -0.367 e. The van der Waals surface area contributed by atoms with Crippen LogP contribution in [0.15, 0.2) is 41.4 Å². The minimum atomic E-state index is 0.0376. The molecule has 0 fully saturated rings. The molecule has 0 aliphatic carbocycles. The van der Waals surface area contributed by atoms with E-state index in [2.05, 4.69) is 28.1 Å². The summed E-state index contributed by atoms with van der Waals surface area (Å²) in [6.07, 6.45) is 2.26. The van der Waals surface area contributed by atoms with E-state index in [0.29, 0.717) is 0 Å². The fourth-order valence-corrected chi connectivity index (χ4v) is 1.51. The standard InChI is InChI=1S/C12H15BrO/c1-10(2)14-12(8-9-13)11-6-4-3-5-7-11/h3-10,12H,1-2H3/b9-8+. The Balaban J connectivity index is 2.78. The molecular weight excluding hydrogens is 240 g/mol. The summed E-state index contributed by atoms with van der Waals surface area (Å²) in [6, 6.07) is 10.2. The molecule has 0 aromatic heterocycles. The lowest BCUT2D eigenvalue weighted by Crippen LogP contribution is -2.08. The van der Waals surface area contributed by atoms with Crippen LogP contribution >= 0.6 is 15.9 Å². The zero-order valence-corrected chi connectivity index (χ0v) is 10.1. The Morgan fingerprint density at radius 3 is 2.36 bits per heavy atom. The highest BCUT2D eigenvalue weighted by atomic mass is 79.9. The molecular formula is C12H15BrO. The maximum Gasteiger partial charge on any atom is 0.102 e. The van der Waals surface area contributed by atoms with Crippen molar-refractivity contribution in [2.45, 2.75) is 26.1 Å². The van der Waals surface area contributed by atoms with Crippen LogP contribution in [0, 0.1) is 0 Å². The molecule has 0 heterocycles. The van der Waals surface area contributed by atoms with E-state index >= 15 is 0 Å². The van der Waals surface area contributed by atoms with Gasteiger partial charge in [0.1, 0.15) is 6.10 Å². The molecule has 1 aromatic rings. The molecule has 2 heteroatoms. The van der Waals surface area contributed by atoms with E-state index in [-0.39, 0.29) is 12.2 Å². The van der Waals surface area contributed by atoms with E-state index in [0.717, 1.165) is 0 Å². The van der Waals surface area contributed by atoms with Gasteiger partial charge >= 0.3 is 0 Å². The summed E-state index contributed by atoms with van der Waals surface area (Å²) in [5.74, 6) is 0. The van der Waals surface area contributed by atoms with Gasteiger partial charge in [0.05, 0.1) is 6.10 Å². The van der Waals surface area contributed by atoms with Crippen LogP contribution in [-0.4, -0.2) is 6.10 Å². The minimum absolute atomic E-state index is 0.0376. The molecule has 0 radical (unpaired) electrons. The van der Waals surface area contributed by atoms with Crippen LogP contribution in [0.2, 0.25) is 0 Å². The van der Waals surface area contributed by atoms with Crippen LogP contribution in [0.1, 0.15) is 25.5 Å². The Morgan fingerprint density at radius 2 is 1.86 bits per heavy atom. The third-order valence-electron chi connectivity index (χ3n) is 1.79. The van der Waals surface area contributed by atoms with Crippen molar-refractivity contribution >= 4 is 15.9 Å². The summed E-state index contributed by atoms with van der Waals surface area (Å²) in [5.41, 5.74) is 1.18. The molecule has 0 spiro atoms. The summed E-state index contributed by atoms with van der Waals surface area (Å²) < 4.78 is 5.76. The van der Waals surface area contributed by atoms with Crippen LogP contribution in [0.5, 0.6) is 0 Å². The van der Waals surface area contributed by atoms with Crippen molar-refractivity contribution in [1.82, 2.24) is 0 Å². The highest BCUT2D eigenvalue weighted by Gasteiger charge is 2.08. The van der Waals surface area contributed by atoms with Crippen LogP contribution in [0.3, 0.4) is 0 Å². The van der Waals surface area contributed by atoms with E-state index in [9.17, 15) is 0 Å². The Morgan fingerprint density at radius 1 is 1.21 bits per heavy atom. The second-order valence-corrected chi connectivity index (χ2v) is 3.86. The maximum absolute atomic E-state index is 5.76. The molecule has 1 atom stereocenters. The molecule has 0 aliphatic rings. The predicted molar refractivity (Wildman–Crippen MR) is 63.5 cm³/mol. The van der Waals surface area contributed by atoms with Gasteiger partial charge < -0.3 is 4.74 Å². The average molecular weight is 255 g/mol. The number of halogens is 1. The molecule has 0 bridgehead atoms. The van der Waals surface area contributed by atoms with Gasteiger partial charge in [-0.1, -0.05) is 46.3 Å². The lowest BCUT2D eigenvalue weighted by Gasteiger charge is -2.17. The first-order valence-corrected chi connectivity index (χ1v) is 5.63. The fraction of sp³-hybridized carbons (Fsp3) is 0.333. The quantitative estimate of drug-likeness (QED) is 0.788. The average Bonchev–Trinajstić information content (AvgIpc) is 2.18. The number of hydrogen-bond donors (Lipinski definition) is 0. The molecule has 0 N–H and O–H groups in total. The molecule has 0 saturated heterocycles. The highest BCUT2D eigenvalue weighted by molar-refractivity contribution is 9.11. The normalized spacial score (nSPS) is 13.7. The lowest BCUT2D eigenvalue weighted by molar-refractivity contribution is 0.0349. The first-order valence-electron chi connectivity index (χ1n) is 4.71. The van der Waals surface area contributed by atoms with Crippen LogP contribution in [0.25, 0.3) is 0 Å². The smallest absolute Gasteiger partial charge is 0.102 e. The molecule has 1 rings (SSSR count). The fourth-order valence-electron chi connectivity index (χ4n) is 1.24. The molecule has 0 saturated carbocycles. The Hall–Kier alpha value is -0.600. The summed E-state index contributed by atoms with van der Waals surface area (Å²) >= 11 is 3.28. The van der Waals surface area contributed by atoms with Crippen LogP contribution in [0.4, 0.5) is 0 Å². The summed E-state index contributed by atoms with van der Waals surface area (Å²) in [4.78, 5) is 1.84. The molecule has 1 unspecified atom stereocenters. The van der Waals surface area contributed by atoms with Gasteiger partial charge in [-0.2, -0.15) is 0 Å². The molecule has 14 heavy (non-hydrogen) atoms. The van der Waals surface area contributed by atoms with E-state index < -0.39 is 0 Å². The van der Waals surface area contributed by atoms with E-state index in [1.807, 2.05) is 43.1 Å². The predicted octanol–water partition coefficient (Wildman–Crippen LogP) is 4.06. The Kier molecular flexibility index (Phi) is 4.91. The van der Waals surface area contributed by atoms with Crippen molar-refractivity contribution in [3.05, 3.63) is 47.0 Å². The van der Waals surface area contributed by atoms with Gasteiger partial charge in [0.2, 0.25) is 0 Å². The number of ether oxygens (including phenoxy) is 1. The second-order valence-electron chi connectivity index (χ2n) is 3.33. The maximum atomic E-state index is 5.76. The largest absolute Gasteiger partial charge is 0.367 e. The van der Waals surface area contributed by atoms with Crippen molar-refractivity contribution in [3.63, 3.8) is 0 Å². The van der Waals surface area contributed by atoms with E-state index in [1.54, 1.807) is 0 Å². The monoisotopic (exact) mass is 254 g/mol. The topological polar surface area (TPSA) is 9.23 Å². The second kappa shape index (κ2) is 5.99. The van der Waals surface area contributed by atoms with Gasteiger partial charge in [0.25, 0.3) is 0 Å². The van der Waals surface area contributed by atoms with Crippen molar-refractivity contribution in [3.8, 4) is 0 Å². The first-order chi connectivity index (χ1) is 6.74.